The van der Waals surface area contributed by atoms with Crippen LogP contribution in [0.3, 0.4) is 0 Å². The van der Waals surface area contributed by atoms with Gasteiger partial charge in [0.25, 0.3) is 11.8 Å². The Kier molecular flexibility index (Phi) is 7.32. The van der Waals surface area contributed by atoms with Crippen molar-refractivity contribution in [1.29, 1.82) is 0 Å². The van der Waals surface area contributed by atoms with E-state index in [0.29, 0.717) is 5.56 Å². The van der Waals surface area contributed by atoms with E-state index in [1.54, 1.807) is 30.3 Å². The summed E-state index contributed by atoms with van der Waals surface area (Å²) in [6.07, 6.45) is 0.263. The van der Waals surface area contributed by atoms with E-state index in [9.17, 15) is 14.4 Å². The van der Waals surface area contributed by atoms with Gasteiger partial charge in [-0.25, -0.2) is 4.79 Å². The van der Waals surface area contributed by atoms with Crippen molar-refractivity contribution in [3.05, 3.63) is 71.8 Å². The first-order chi connectivity index (χ1) is 13.2. The molecule has 0 aromatic heterocycles. The van der Waals surface area contributed by atoms with Crippen LogP contribution in [0.4, 0.5) is 0 Å². The molecule has 0 saturated carbocycles. The molecule has 2 aromatic rings. The molecule has 0 aliphatic carbocycles. The van der Waals surface area contributed by atoms with Crippen molar-refractivity contribution in [2.45, 2.75) is 38.8 Å². The third-order valence-electron chi connectivity index (χ3n) is 3.77. The molecular formula is C22H26N2O4. The summed E-state index contributed by atoms with van der Waals surface area (Å²) >= 11 is 0. The van der Waals surface area contributed by atoms with Crippen LogP contribution in [0, 0.1) is 0 Å². The highest BCUT2D eigenvalue weighted by molar-refractivity contribution is 5.97. The number of benzene rings is 2. The van der Waals surface area contributed by atoms with Gasteiger partial charge in [-0.15, -0.1) is 0 Å². The second kappa shape index (κ2) is 9.69. The van der Waals surface area contributed by atoms with Crippen molar-refractivity contribution < 1.29 is 19.1 Å². The van der Waals surface area contributed by atoms with Crippen LogP contribution in [0.1, 0.15) is 36.7 Å². The maximum atomic E-state index is 12.6. The van der Waals surface area contributed by atoms with Crippen molar-refractivity contribution in [3.8, 4) is 0 Å². The normalized spacial score (nSPS) is 12.0. The Hall–Kier alpha value is -3.15. The van der Waals surface area contributed by atoms with E-state index in [-0.39, 0.29) is 12.3 Å². The second-order valence-corrected chi connectivity index (χ2v) is 7.49. The smallest absolute Gasteiger partial charge is 0.329 e. The predicted molar refractivity (Wildman–Crippen MR) is 107 cm³/mol. The average molecular weight is 382 g/mol. The van der Waals surface area contributed by atoms with E-state index in [0.717, 1.165) is 5.56 Å². The minimum absolute atomic E-state index is 0.263. The number of rotatable bonds is 7. The zero-order chi connectivity index (χ0) is 20.6. The lowest BCUT2D eigenvalue weighted by Gasteiger charge is -2.21. The van der Waals surface area contributed by atoms with Gasteiger partial charge in [0.05, 0.1) is 0 Å². The molecule has 148 valence electrons. The maximum Gasteiger partial charge on any atom is 0.329 e. The molecule has 2 amide bonds. The fourth-order valence-electron chi connectivity index (χ4n) is 2.57. The van der Waals surface area contributed by atoms with E-state index >= 15 is 0 Å². The number of hydrogen-bond acceptors (Lipinski definition) is 4. The van der Waals surface area contributed by atoms with Crippen LogP contribution >= 0.6 is 0 Å². The Bertz CT molecular complexity index is 798. The number of nitrogens with one attached hydrogen (secondary N) is 2. The van der Waals surface area contributed by atoms with Crippen LogP contribution in [0.15, 0.2) is 60.7 Å². The number of carbonyl (C=O) groups excluding carboxylic acids is 3. The molecule has 0 saturated heterocycles. The zero-order valence-corrected chi connectivity index (χ0v) is 16.4. The molecule has 0 unspecified atom stereocenters. The van der Waals surface area contributed by atoms with Crippen LogP contribution in [-0.2, 0) is 20.7 Å². The minimum Gasteiger partial charge on any atom is -0.454 e. The monoisotopic (exact) mass is 382 g/mol. The largest absolute Gasteiger partial charge is 0.454 e. The Morgan fingerprint density at radius 2 is 1.50 bits per heavy atom. The average Bonchev–Trinajstić information content (AvgIpc) is 2.65. The highest BCUT2D eigenvalue weighted by atomic mass is 16.5. The molecule has 0 aliphatic heterocycles. The minimum atomic E-state index is -0.905. The molecule has 28 heavy (non-hydrogen) atoms. The molecule has 0 bridgehead atoms. The maximum absolute atomic E-state index is 12.6. The third kappa shape index (κ3) is 7.23. The van der Waals surface area contributed by atoms with Crippen molar-refractivity contribution in [2.75, 3.05) is 6.61 Å². The Balaban J connectivity index is 2.05. The van der Waals surface area contributed by atoms with Crippen LogP contribution in [0.5, 0.6) is 0 Å². The first kappa shape index (κ1) is 21.2. The fraction of sp³-hybridized carbons (Fsp3) is 0.318. The van der Waals surface area contributed by atoms with Crippen molar-refractivity contribution in [2.24, 2.45) is 0 Å². The summed E-state index contributed by atoms with van der Waals surface area (Å²) in [6.45, 7) is 5.11. The number of hydrogen-bond donors (Lipinski definition) is 2. The Morgan fingerprint density at radius 1 is 0.929 bits per heavy atom. The first-order valence-corrected chi connectivity index (χ1v) is 9.12. The number of amides is 2. The van der Waals surface area contributed by atoms with Gasteiger partial charge >= 0.3 is 5.97 Å². The van der Waals surface area contributed by atoms with Crippen LogP contribution < -0.4 is 10.6 Å². The standard InChI is InChI=1S/C22H26N2O4/c1-22(2,3)24-19(25)15-28-21(27)18(14-16-10-6-4-7-11-16)23-20(26)17-12-8-5-9-13-17/h4-13,18H,14-15H2,1-3H3,(H,23,26)(H,24,25)/t18-/m0/s1. The predicted octanol–water partition coefficient (Wildman–Crippen LogP) is 2.49. The lowest BCUT2D eigenvalue weighted by Crippen LogP contribution is -2.46. The van der Waals surface area contributed by atoms with Gasteiger partial charge in [-0.1, -0.05) is 48.5 Å². The van der Waals surface area contributed by atoms with Gasteiger partial charge in [-0.3, -0.25) is 9.59 Å². The lowest BCUT2D eigenvalue weighted by atomic mass is 10.1. The molecular weight excluding hydrogens is 356 g/mol. The summed E-state index contributed by atoms with van der Waals surface area (Å²) in [7, 11) is 0. The molecule has 0 spiro atoms. The summed E-state index contributed by atoms with van der Waals surface area (Å²) in [5, 5.41) is 5.43. The molecule has 0 heterocycles. The molecule has 0 radical (unpaired) electrons. The van der Waals surface area contributed by atoms with Gasteiger partial charge < -0.3 is 15.4 Å². The fourth-order valence-corrected chi connectivity index (χ4v) is 2.57. The molecule has 2 aromatic carbocycles. The Labute approximate surface area is 165 Å². The summed E-state index contributed by atoms with van der Waals surface area (Å²) in [6, 6.07) is 17.0. The van der Waals surface area contributed by atoms with Crippen molar-refractivity contribution in [1.82, 2.24) is 10.6 Å². The SMILES string of the molecule is CC(C)(C)NC(=O)COC(=O)[C@H](Cc1ccccc1)NC(=O)c1ccccc1. The molecule has 0 aliphatic rings. The van der Waals surface area contributed by atoms with E-state index in [2.05, 4.69) is 10.6 Å². The summed E-state index contributed by atoms with van der Waals surface area (Å²) in [5.74, 6) is -1.43. The van der Waals surface area contributed by atoms with E-state index in [4.69, 9.17) is 4.74 Å². The van der Waals surface area contributed by atoms with Gasteiger partial charge in [-0.05, 0) is 38.5 Å². The first-order valence-electron chi connectivity index (χ1n) is 9.12. The van der Waals surface area contributed by atoms with Crippen molar-refractivity contribution in [3.63, 3.8) is 0 Å². The highest BCUT2D eigenvalue weighted by Crippen LogP contribution is 2.07. The van der Waals surface area contributed by atoms with Crippen LogP contribution in [0.25, 0.3) is 0 Å². The van der Waals surface area contributed by atoms with Gasteiger partial charge in [0.1, 0.15) is 6.04 Å². The Morgan fingerprint density at radius 3 is 2.07 bits per heavy atom. The number of esters is 1. The van der Waals surface area contributed by atoms with Crippen LogP contribution in [0.2, 0.25) is 0 Å². The topological polar surface area (TPSA) is 84.5 Å². The number of carbonyl (C=O) groups is 3. The van der Waals surface area contributed by atoms with Gasteiger partial charge in [0.15, 0.2) is 6.61 Å². The second-order valence-electron chi connectivity index (χ2n) is 7.49. The molecule has 1 atom stereocenters. The molecule has 6 heteroatoms. The van der Waals surface area contributed by atoms with Crippen LogP contribution in [-0.4, -0.2) is 36.0 Å². The molecule has 0 fully saturated rings. The number of ether oxygens (including phenoxy) is 1. The third-order valence-corrected chi connectivity index (χ3v) is 3.77. The van der Waals surface area contributed by atoms with E-state index in [1.165, 1.54) is 0 Å². The quantitative estimate of drug-likeness (QED) is 0.721. The molecule has 2 N–H and O–H groups in total. The molecule has 6 nitrogen and oxygen atoms in total. The molecule has 2 rings (SSSR count). The summed E-state index contributed by atoms with van der Waals surface area (Å²) < 4.78 is 5.16. The van der Waals surface area contributed by atoms with Gasteiger partial charge in [0.2, 0.25) is 0 Å². The lowest BCUT2D eigenvalue weighted by molar-refractivity contribution is -0.150. The highest BCUT2D eigenvalue weighted by Gasteiger charge is 2.24. The van der Waals surface area contributed by atoms with Crippen molar-refractivity contribution >= 4 is 17.8 Å². The summed E-state index contributed by atoms with van der Waals surface area (Å²) in [4.78, 5) is 37.0. The van der Waals surface area contributed by atoms with Gasteiger partial charge in [0, 0.05) is 17.5 Å². The van der Waals surface area contributed by atoms with Gasteiger partial charge in [-0.2, -0.15) is 0 Å². The van der Waals surface area contributed by atoms with E-state index < -0.39 is 30.1 Å². The van der Waals surface area contributed by atoms with E-state index in [1.807, 2.05) is 51.1 Å². The zero-order valence-electron chi connectivity index (χ0n) is 16.4. The summed E-state index contributed by atoms with van der Waals surface area (Å²) in [5.41, 5.74) is 0.893.